The van der Waals surface area contributed by atoms with Crippen LogP contribution in [0.25, 0.3) is 0 Å². The molecule has 5 heteroatoms. The van der Waals surface area contributed by atoms with Crippen LogP contribution in [0.15, 0.2) is 48.5 Å². The Morgan fingerprint density at radius 1 is 0.893 bits per heavy atom. The number of nitrogens with zero attached hydrogens (tertiary/aromatic N) is 2. The van der Waals surface area contributed by atoms with E-state index in [1.807, 2.05) is 0 Å². The molecule has 154 valence electrons. The van der Waals surface area contributed by atoms with Crippen LogP contribution in [0.3, 0.4) is 0 Å². The molecular weight excluding hydrogens is 372 g/mol. The molecule has 1 heterocycles. The number of piperazine rings is 1. The van der Waals surface area contributed by atoms with E-state index in [2.05, 4.69) is 72.3 Å². The summed E-state index contributed by atoms with van der Waals surface area (Å²) in [6.45, 7) is 9.72. The maximum Gasteiger partial charge on any atom is 0.122 e. The number of halogens is 1. The van der Waals surface area contributed by atoms with Crippen LogP contribution in [0, 0.1) is 6.92 Å². The first-order valence-corrected chi connectivity index (χ1v) is 9.95. The number of likely N-dealkylation sites (N-methyl/N-ethyl adjacent to an activating group) is 1. The van der Waals surface area contributed by atoms with E-state index in [1.54, 1.807) is 0 Å². The zero-order chi connectivity index (χ0) is 18.9. The first kappa shape index (κ1) is 22.7. The average Bonchev–Trinajstić information content (AvgIpc) is 2.68. The molecule has 0 amide bonds. The van der Waals surface area contributed by atoms with Crippen LogP contribution in [0.1, 0.15) is 16.7 Å². The molecule has 1 fully saturated rings. The van der Waals surface area contributed by atoms with Crippen LogP contribution in [0.5, 0.6) is 5.75 Å². The highest BCUT2D eigenvalue weighted by molar-refractivity contribution is 5.85. The van der Waals surface area contributed by atoms with Crippen LogP contribution in [0.4, 0.5) is 0 Å². The van der Waals surface area contributed by atoms with Crippen molar-refractivity contribution in [2.75, 3.05) is 59.6 Å². The Balaban J connectivity index is 0.00000280. The highest BCUT2D eigenvalue weighted by Gasteiger charge is 2.12. The lowest BCUT2D eigenvalue weighted by atomic mass is 10.0. The second kappa shape index (κ2) is 12.1. The molecule has 0 aliphatic carbocycles. The number of rotatable bonds is 9. The lowest BCUT2D eigenvalue weighted by Gasteiger charge is -2.32. The van der Waals surface area contributed by atoms with Crippen molar-refractivity contribution >= 4 is 12.4 Å². The minimum absolute atomic E-state index is 0. The van der Waals surface area contributed by atoms with Crippen LogP contribution in [-0.2, 0) is 11.2 Å². The molecule has 0 N–H and O–H groups in total. The molecule has 1 aliphatic heterocycles. The van der Waals surface area contributed by atoms with E-state index in [0.29, 0.717) is 13.2 Å². The minimum Gasteiger partial charge on any atom is -0.491 e. The third kappa shape index (κ3) is 7.44. The summed E-state index contributed by atoms with van der Waals surface area (Å²) in [6.07, 6.45) is 0.891. The van der Waals surface area contributed by atoms with E-state index < -0.39 is 0 Å². The van der Waals surface area contributed by atoms with Crippen LogP contribution in [0.2, 0.25) is 0 Å². The summed E-state index contributed by atoms with van der Waals surface area (Å²) >= 11 is 0. The normalized spacial score (nSPS) is 15.2. The van der Waals surface area contributed by atoms with Gasteiger partial charge in [-0.05, 0) is 31.2 Å². The fourth-order valence-corrected chi connectivity index (χ4v) is 3.38. The van der Waals surface area contributed by atoms with Crippen molar-refractivity contribution in [2.24, 2.45) is 0 Å². The quantitative estimate of drug-likeness (QED) is 0.595. The number of benzene rings is 2. The number of hydrogen-bond acceptors (Lipinski definition) is 4. The predicted molar refractivity (Wildman–Crippen MR) is 118 cm³/mol. The van der Waals surface area contributed by atoms with Gasteiger partial charge < -0.3 is 14.4 Å². The second-order valence-corrected chi connectivity index (χ2v) is 7.38. The summed E-state index contributed by atoms with van der Waals surface area (Å²) in [4.78, 5) is 4.85. The van der Waals surface area contributed by atoms with Gasteiger partial charge >= 0.3 is 0 Å². The van der Waals surface area contributed by atoms with Gasteiger partial charge in [0.2, 0.25) is 0 Å². The number of hydrogen-bond donors (Lipinski definition) is 0. The standard InChI is InChI=1S/C23H32N2O2.ClH/c1-20-8-9-23(22(18-20)19-21-6-4-3-5-7-21)27-17-16-26-15-14-25-12-10-24(2)11-13-25;/h3-9,18H,10-17,19H2,1-2H3;1H. The van der Waals surface area contributed by atoms with Crippen LogP contribution < -0.4 is 4.74 Å². The van der Waals surface area contributed by atoms with Crippen LogP contribution in [-0.4, -0.2) is 69.4 Å². The van der Waals surface area contributed by atoms with Gasteiger partial charge in [0.05, 0.1) is 13.2 Å². The zero-order valence-electron chi connectivity index (χ0n) is 17.1. The third-order valence-electron chi connectivity index (χ3n) is 5.09. The van der Waals surface area contributed by atoms with Crippen molar-refractivity contribution in [3.8, 4) is 5.75 Å². The van der Waals surface area contributed by atoms with Gasteiger partial charge in [0.1, 0.15) is 12.4 Å². The molecule has 0 aromatic heterocycles. The summed E-state index contributed by atoms with van der Waals surface area (Å²) in [5.41, 5.74) is 3.80. The minimum atomic E-state index is 0. The average molecular weight is 405 g/mol. The smallest absolute Gasteiger partial charge is 0.122 e. The Morgan fingerprint density at radius 2 is 1.64 bits per heavy atom. The van der Waals surface area contributed by atoms with E-state index in [9.17, 15) is 0 Å². The summed E-state index contributed by atoms with van der Waals surface area (Å²) in [5, 5.41) is 0. The Hall–Kier alpha value is -1.59. The molecular formula is C23H33ClN2O2. The maximum absolute atomic E-state index is 6.03. The SMILES string of the molecule is Cc1ccc(OCCOCCN2CCN(C)CC2)c(Cc2ccccc2)c1.Cl. The van der Waals surface area contributed by atoms with Gasteiger partial charge in [-0.2, -0.15) is 0 Å². The van der Waals surface area contributed by atoms with E-state index in [4.69, 9.17) is 9.47 Å². The highest BCUT2D eigenvalue weighted by Crippen LogP contribution is 2.23. The highest BCUT2D eigenvalue weighted by atomic mass is 35.5. The lowest BCUT2D eigenvalue weighted by molar-refractivity contribution is 0.0656. The molecule has 0 unspecified atom stereocenters. The largest absolute Gasteiger partial charge is 0.491 e. The molecule has 4 nitrogen and oxygen atoms in total. The van der Waals surface area contributed by atoms with Crippen molar-refractivity contribution in [2.45, 2.75) is 13.3 Å². The maximum atomic E-state index is 6.03. The van der Waals surface area contributed by atoms with Gasteiger partial charge in [-0.3, -0.25) is 4.90 Å². The topological polar surface area (TPSA) is 24.9 Å². The van der Waals surface area contributed by atoms with Crippen LogP contribution >= 0.6 is 12.4 Å². The van der Waals surface area contributed by atoms with E-state index in [-0.39, 0.29) is 12.4 Å². The lowest BCUT2D eigenvalue weighted by Crippen LogP contribution is -2.45. The first-order chi connectivity index (χ1) is 13.2. The molecule has 0 saturated carbocycles. The molecule has 0 spiro atoms. The third-order valence-corrected chi connectivity index (χ3v) is 5.09. The Kier molecular flexibility index (Phi) is 9.79. The molecule has 1 saturated heterocycles. The summed E-state index contributed by atoms with van der Waals surface area (Å²) in [6, 6.07) is 16.9. The van der Waals surface area contributed by atoms with Crippen molar-refractivity contribution in [1.29, 1.82) is 0 Å². The van der Waals surface area contributed by atoms with Crippen molar-refractivity contribution in [3.05, 3.63) is 65.2 Å². The Bertz CT molecular complexity index is 688. The van der Waals surface area contributed by atoms with Crippen molar-refractivity contribution < 1.29 is 9.47 Å². The van der Waals surface area contributed by atoms with E-state index in [1.165, 1.54) is 16.7 Å². The number of ether oxygens (including phenoxy) is 2. The molecule has 2 aromatic rings. The molecule has 28 heavy (non-hydrogen) atoms. The van der Waals surface area contributed by atoms with E-state index in [0.717, 1.165) is 51.5 Å². The molecule has 0 radical (unpaired) electrons. The van der Waals surface area contributed by atoms with Gasteiger partial charge in [0.15, 0.2) is 0 Å². The Morgan fingerprint density at radius 3 is 2.39 bits per heavy atom. The summed E-state index contributed by atoms with van der Waals surface area (Å²) in [5.74, 6) is 0.965. The van der Waals surface area contributed by atoms with Crippen molar-refractivity contribution in [3.63, 3.8) is 0 Å². The number of aryl methyl sites for hydroxylation is 1. The van der Waals surface area contributed by atoms with Gasteiger partial charge in [0, 0.05) is 39.1 Å². The Labute approximate surface area is 175 Å². The van der Waals surface area contributed by atoms with Crippen molar-refractivity contribution in [1.82, 2.24) is 9.80 Å². The molecule has 1 aliphatic rings. The fourth-order valence-electron chi connectivity index (χ4n) is 3.38. The summed E-state index contributed by atoms with van der Waals surface area (Å²) in [7, 11) is 2.18. The zero-order valence-corrected chi connectivity index (χ0v) is 17.9. The molecule has 0 bridgehead atoms. The second-order valence-electron chi connectivity index (χ2n) is 7.38. The monoisotopic (exact) mass is 404 g/mol. The van der Waals surface area contributed by atoms with Gasteiger partial charge in [0.25, 0.3) is 0 Å². The molecule has 0 atom stereocenters. The van der Waals surface area contributed by atoms with Gasteiger partial charge in [-0.15, -0.1) is 12.4 Å². The van der Waals surface area contributed by atoms with Gasteiger partial charge in [-0.1, -0.05) is 48.0 Å². The summed E-state index contributed by atoms with van der Waals surface area (Å²) < 4.78 is 11.8. The molecule has 3 rings (SSSR count). The van der Waals surface area contributed by atoms with Gasteiger partial charge in [-0.25, -0.2) is 0 Å². The molecule has 2 aromatic carbocycles. The predicted octanol–water partition coefficient (Wildman–Crippen LogP) is 3.65. The first-order valence-electron chi connectivity index (χ1n) is 9.95. The van der Waals surface area contributed by atoms with E-state index >= 15 is 0 Å². The fraction of sp³-hybridized carbons (Fsp3) is 0.478.